The number of hydrogen-bond acceptors (Lipinski definition) is 3. The maximum atomic E-state index is 10.5. The highest BCUT2D eigenvalue weighted by atomic mass is 35.5. The van der Waals surface area contributed by atoms with Crippen LogP contribution in [0.25, 0.3) is 0 Å². The molecule has 4 N–H and O–H groups in total. The van der Waals surface area contributed by atoms with Gasteiger partial charge in [0.25, 0.3) is 0 Å². The number of hydrogen-bond donors (Lipinski definition) is 3. The quantitative estimate of drug-likeness (QED) is 0.457. The van der Waals surface area contributed by atoms with E-state index in [0.29, 0.717) is 6.54 Å². The molecule has 0 aliphatic rings. The van der Waals surface area contributed by atoms with E-state index >= 15 is 0 Å². The van der Waals surface area contributed by atoms with Gasteiger partial charge in [-0.3, -0.25) is 4.79 Å². The van der Waals surface area contributed by atoms with Crippen molar-refractivity contribution < 1.29 is 14.7 Å². The minimum atomic E-state index is -1.44. The number of halogens is 1. The van der Waals surface area contributed by atoms with Gasteiger partial charge in [0.1, 0.15) is 0 Å². The molecule has 0 rings (SSSR count). The van der Waals surface area contributed by atoms with Crippen molar-refractivity contribution in [2.75, 3.05) is 6.54 Å². The van der Waals surface area contributed by atoms with Gasteiger partial charge in [-0.2, -0.15) is 0 Å². The van der Waals surface area contributed by atoms with Gasteiger partial charge in [-0.1, -0.05) is 6.42 Å². The Balaban J connectivity index is 0. The molecule has 0 saturated heterocycles. The monoisotopic (exact) mass is 224 g/mol. The van der Waals surface area contributed by atoms with E-state index < -0.39 is 11.9 Å². The highest BCUT2D eigenvalue weighted by molar-refractivity contribution is 6.31. The molecule has 1 unspecified atom stereocenters. The molecule has 1 amide bonds. The third kappa shape index (κ3) is 9.28. The highest BCUT2D eigenvalue weighted by Gasteiger charge is 2.08. The van der Waals surface area contributed by atoms with Crippen molar-refractivity contribution in [3.8, 4) is 0 Å². The zero-order chi connectivity index (χ0) is 10.3. The Morgan fingerprint density at radius 2 is 2.00 bits per heavy atom. The largest absolute Gasteiger partial charge is 0.474 e. The number of amides is 1. The zero-order valence-electron chi connectivity index (χ0n) is 8.16. The number of nitrogens with two attached hydrogens (primary N) is 1. The Hall–Kier alpha value is -0.810. The summed E-state index contributed by atoms with van der Waals surface area (Å²) in [6.45, 7) is 2.31. The third-order valence-electron chi connectivity index (χ3n) is 1.57. The van der Waals surface area contributed by atoms with Crippen LogP contribution < -0.4 is 11.1 Å². The van der Waals surface area contributed by atoms with Gasteiger partial charge in [-0.15, -0.1) is 12.4 Å². The lowest BCUT2D eigenvalue weighted by Crippen LogP contribution is -2.31. The number of nitrogens with one attached hydrogen (secondary N) is 1. The van der Waals surface area contributed by atoms with Crippen LogP contribution in [0.2, 0.25) is 0 Å². The molecule has 6 heteroatoms. The summed E-state index contributed by atoms with van der Waals surface area (Å²) >= 11 is 0. The van der Waals surface area contributed by atoms with E-state index in [9.17, 15) is 9.59 Å². The van der Waals surface area contributed by atoms with E-state index in [1.54, 1.807) is 0 Å². The Kier molecular flexibility index (Phi) is 9.81. The lowest BCUT2D eigenvalue weighted by Gasteiger charge is -2.04. The van der Waals surface area contributed by atoms with Gasteiger partial charge in [0.2, 0.25) is 0 Å². The van der Waals surface area contributed by atoms with E-state index in [1.807, 2.05) is 6.92 Å². The van der Waals surface area contributed by atoms with Crippen molar-refractivity contribution >= 4 is 24.3 Å². The van der Waals surface area contributed by atoms with Gasteiger partial charge in [-0.25, -0.2) is 4.79 Å². The molecule has 0 aromatic carbocycles. The Labute approximate surface area is 89.5 Å². The maximum absolute atomic E-state index is 10.5. The minimum absolute atomic E-state index is 0. The van der Waals surface area contributed by atoms with E-state index in [-0.39, 0.29) is 18.4 Å². The number of carboxylic acids is 1. The minimum Gasteiger partial charge on any atom is -0.474 e. The molecule has 1 atom stereocenters. The first-order valence-corrected chi connectivity index (χ1v) is 4.30. The van der Waals surface area contributed by atoms with Gasteiger partial charge in [0, 0.05) is 12.6 Å². The molecule has 0 bridgehead atoms. The number of carboxylic acid groups (broad SMARTS) is 1. The van der Waals surface area contributed by atoms with Crippen LogP contribution in [0, 0.1) is 0 Å². The van der Waals surface area contributed by atoms with E-state index in [0.717, 1.165) is 19.3 Å². The predicted molar refractivity (Wildman–Crippen MR) is 55.4 cm³/mol. The second-order valence-corrected chi connectivity index (χ2v) is 3.03. The molecule has 0 radical (unpaired) electrons. The average molecular weight is 225 g/mol. The molecule has 0 fully saturated rings. The summed E-state index contributed by atoms with van der Waals surface area (Å²) in [5.74, 6) is -2.38. The summed E-state index contributed by atoms with van der Waals surface area (Å²) in [5, 5.41) is 10.5. The Bertz CT molecular complexity index is 185. The summed E-state index contributed by atoms with van der Waals surface area (Å²) in [5.41, 5.74) is 5.50. The van der Waals surface area contributed by atoms with Crippen molar-refractivity contribution in [3.63, 3.8) is 0 Å². The zero-order valence-corrected chi connectivity index (χ0v) is 8.97. The first kappa shape index (κ1) is 15.7. The fourth-order valence-electron chi connectivity index (χ4n) is 0.869. The second kappa shape index (κ2) is 8.77. The standard InChI is InChI=1S/C8H16N2O3.ClH/c1-6(9)4-2-3-5-10-7(11)8(12)13;/h6H,2-5,9H2,1H3,(H,10,11)(H,12,13);1H. The van der Waals surface area contributed by atoms with Crippen LogP contribution in [0.3, 0.4) is 0 Å². The topological polar surface area (TPSA) is 92.4 Å². The number of rotatable bonds is 5. The molecule has 0 saturated carbocycles. The van der Waals surface area contributed by atoms with Crippen molar-refractivity contribution in [2.45, 2.75) is 32.2 Å². The highest BCUT2D eigenvalue weighted by Crippen LogP contribution is 1.96. The van der Waals surface area contributed by atoms with Crippen molar-refractivity contribution in [3.05, 3.63) is 0 Å². The molecule has 0 aromatic rings. The summed E-state index contributed by atoms with van der Waals surface area (Å²) in [4.78, 5) is 20.5. The number of carbonyl (C=O) groups is 2. The molecule has 0 aliphatic heterocycles. The number of unbranched alkanes of at least 4 members (excludes halogenated alkanes) is 1. The summed E-state index contributed by atoms with van der Waals surface area (Å²) in [6.07, 6.45) is 2.56. The van der Waals surface area contributed by atoms with Crippen LogP contribution in [-0.2, 0) is 9.59 Å². The summed E-state index contributed by atoms with van der Waals surface area (Å²) < 4.78 is 0. The van der Waals surface area contributed by atoms with Crippen molar-refractivity contribution in [1.82, 2.24) is 5.32 Å². The average Bonchev–Trinajstić information content (AvgIpc) is 2.02. The summed E-state index contributed by atoms with van der Waals surface area (Å²) in [7, 11) is 0. The van der Waals surface area contributed by atoms with Gasteiger partial charge < -0.3 is 16.2 Å². The van der Waals surface area contributed by atoms with Gasteiger partial charge in [0.15, 0.2) is 0 Å². The van der Waals surface area contributed by atoms with E-state index in [1.165, 1.54) is 0 Å². The molecule has 0 aromatic heterocycles. The molecule has 84 valence electrons. The Morgan fingerprint density at radius 3 is 2.43 bits per heavy atom. The lowest BCUT2D eigenvalue weighted by atomic mass is 10.1. The fraction of sp³-hybridized carbons (Fsp3) is 0.750. The maximum Gasteiger partial charge on any atom is 0.394 e. The van der Waals surface area contributed by atoms with Crippen molar-refractivity contribution in [2.24, 2.45) is 5.73 Å². The molecule has 0 heterocycles. The smallest absolute Gasteiger partial charge is 0.394 e. The molecule has 0 spiro atoms. The molecule has 14 heavy (non-hydrogen) atoms. The van der Waals surface area contributed by atoms with Crippen molar-refractivity contribution in [1.29, 1.82) is 0 Å². The van der Waals surface area contributed by atoms with Gasteiger partial charge in [-0.05, 0) is 19.8 Å². The van der Waals surface area contributed by atoms with Gasteiger partial charge in [0.05, 0.1) is 0 Å². The first-order valence-electron chi connectivity index (χ1n) is 4.30. The first-order chi connectivity index (χ1) is 6.04. The Morgan fingerprint density at radius 1 is 1.43 bits per heavy atom. The van der Waals surface area contributed by atoms with E-state index in [2.05, 4.69) is 5.32 Å². The van der Waals surface area contributed by atoms with Crippen LogP contribution in [0.1, 0.15) is 26.2 Å². The van der Waals surface area contributed by atoms with Crippen LogP contribution in [0.15, 0.2) is 0 Å². The van der Waals surface area contributed by atoms with E-state index in [4.69, 9.17) is 10.8 Å². The molecular formula is C8H17ClN2O3. The molecule has 0 aliphatic carbocycles. The normalized spacial score (nSPS) is 11.3. The number of carbonyl (C=O) groups excluding carboxylic acids is 1. The van der Waals surface area contributed by atoms with Crippen LogP contribution in [0.5, 0.6) is 0 Å². The molecule has 5 nitrogen and oxygen atoms in total. The summed E-state index contributed by atoms with van der Waals surface area (Å²) in [6, 6.07) is 0.162. The second-order valence-electron chi connectivity index (χ2n) is 3.03. The number of aliphatic carboxylic acids is 1. The third-order valence-corrected chi connectivity index (χ3v) is 1.57. The van der Waals surface area contributed by atoms with Crippen LogP contribution >= 0.6 is 12.4 Å². The SMILES string of the molecule is CC(N)CCCCNC(=O)C(=O)O.Cl. The molecular weight excluding hydrogens is 208 g/mol. The lowest BCUT2D eigenvalue weighted by molar-refractivity contribution is -0.150. The predicted octanol–water partition coefficient (Wildman–Crippen LogP) is 0.126. The fourth-order valence-corrected chi connectivity index (χ4v) is 0.869. The van der Waals surface area contributed by atoms with Crippen LogP contribution in [0.4, 0.5) is 0 Å². The van der Waals surface area contributed by atoms with Gasteiger partial charge >= 0.3 is 11.9 Å². The van der Waals surface area contributed by atoms with Crippen LogP contribution in [-0.4, -0.2) is 29.6 Å².